The largest absolute Gasteiger partial charge is 0.337 e. The molecule has 0 aromatic carbocycles. The van der Waals surface area contributed by atoms with Crippen LogP contribution in [-0.2, 0) is 5.75 Å². The van der Waals surface area contributed by atoms with Crippen molar-refractivity contribution in [3.63, 3.8) is 0 Å². The minimum Gasteiger partial charge on any atom is -0.337 e. The second-order valence-electron chi connectivity index (χ2n) is 5.11. The first-order valence-corrected chi connectivity index (χ1v) is 8.99. The molecule has 1 saturated carbocycles. The zero-order valence-corrected chi connectivity index (χ0v) is 13.0. The molecule has 2 aromatic rings. The third-order valence-electron chi connectivity index (χ3n) is 3.60. The number of thioether (sulfide) groups is 1. The molecule has 1 fully saturated rings. The van der Waals surface area contributed by atoms with Crippen LogP contribution >= 0.6 is 23.1 Å². The quantitative estimate of drug-likeness (QED) is 0.911. The van der Waals surface area contributed by atoms with E-state index in [1.54, 1.807) is 11.3 Å². The molecule has 3 rings (SSSR count). The summed E-state index contributed by atoms with van der Waals surface area (Å²) < 4.78 is 5.30. The summed E-state index contributed by atoms with van der Waals surface area (Å²) in [6.45, 7) is 0. The van der Waals surface area contributed by atoms with Gasteiger partial charge in [0.05, 0.1) is 5.75 Å². The first-order valence-electron chi connectivity index (χ1n) is 7.06. The zero-order chi connectivity index (χ0) is 13.8. The Balaban J connectivity index is 1.56. The molecule has 0 amide bonds. The number of rotatable bonds is 5. The number of aromatic nitrogens is 2. The van der Waals surface area contributed by atoms with Crippen LogP contribution < -0.4 is 5.73 Å². The molecule has 6 heteroatoms. The minimum atomic E-state index is -0.295. The number of nitrogens with two attached hydrogens (primary N) is 1. The summed E-state index contributed by atoms with van der Waals surface area (Å²) >= 11 is 3.56. The van der Waals surface area contributed by atoms with Crippen LogP contribution in [0.3, 0.4) is 0 Å². The third kappa shape index (κ3) is 3.42. The molecule has 4 nitrogen and oxygen atoms in total. The molecule has 1 atom stereocenters. The highest BCUT2D eigenvalue weighted by Gasteiger charge is 2.19. The number of hydrogen-bond donors (Lipinski definition) is 1. The predicted octanol–water partition coefficient (Wildman–Crippen LogP) is 3.75. The van der Waals surface area contributed by atoms with Crippen molar-refractivity contribution in [3.8, 4) is 0 Å². The highest BCUT2D eigenvalue weighted by atomic mass is 32.2. The summed E-state index contributed by atoms with van der Waals surface area (Å²) in [5, 5.41) is 6.82. The van der Waals surface area contributed by atoms with Gasteiger partial charge < -0.3 is 10.3 Å². The maximum atomic E-state index is 6.12. The van der Waals surface area contributed by atoms with E-state index in [9.17, 15) is 0 Å². The van der Waals surface area contributed by atoms with Gasteiger partial charge in [0.2, 0.25) is 5.89 Å². The average molecular weight is 309 g/mol. The smallest absolute Gasteiger partial charge is 0.249 e. The van der Waals surface area contributed by atoms with Crippen molar-refractivity contribution in [2.24, 2.45) is 5.73 Å². The molecule has 1 aliphatic rings. The van der Waals surface area contributed by atoms with Crippen molar-refractivity contribution in [2.75, 3.05) is 0 Å². The maximum absolute atomic E-state index is 6.12. The van der Waals surface area contributed by atoms with Crippen LogP contribution in [0.2, 0.25) is 0 Å². The van der Waals surface area contributed by atoms with Crippen LogP contribution in [0.25, 0.3) is 0 Å². The fourth-order valence-corrected chi connectivity index (χ4v) is 4.35. The summed E-state index contributed by atoms with van der Waals surface area (Å²) in [5.41, 5.74) is 6.12. The van der Waals surface area contributed by atoms with E-state index in [0.717, 1.165) is 21.7 Å². The van der Waals surface area contributed by atoms with Crippen molar-refractivity contribution < 1.29 is 4.52 Å². The van der Waals surface area contributed by atoms with Crippen LogP contribution in [0.5, 0.6) is 0 Å². The van der Waals surface area contributed by atoms with E-state index < -0.39 is 0 Å². The van der Waals surface area contributed by atoms with Crippen molar-refractivity contribution >= 4 is 23.1 Å². The topological polar surface area (TPSA) is 64.9 Å². The summed E-state index contributed by atoms with van der Waals surface area (Å²) in [7, 11) is 0. The fraction of sp³-hybridized carbons (Fsp3) is 0.571. The summed E-state index contributed by atoms with van der Waals surface area (Å²) in [6.07, 6.45) is 6.75. The molecule has 20 heavy (non-hydrogen) atoms. The van der Waals surface area contributed by atoms with Crippen molar-refractivity contribution in [2.45, 2.75) is 49.1 Å². The molecule has 0 saturated heterocycles. The third-order valence-corrected chi connectivity index (χ3v) is 5.92. The van der Waals surface area contributed by atoms with Gasteiger partial charge in [0.25, 0.3) is 0 Å². The van der Waals surface area contributed by atoms with E-state index in [1.807, 2.05) is 29.3 Å². The molecule has 0 bridgehead atoms. The average Bonchev–Trinajstić information content (AvgIpc) is 3.17. The molecule has 2 N–H and O–H groups in total. The monoisotopic (exact) mass is 309 g/mol. The molecule has 0 spiro atoms. The Morgan fingerprint density at radius 1 is 1.40 bits per heavy atom. The Morgan fingerprint density at radius 3 is 3.00 bits per heavy atom. The van der Waals surface area contributed by atoms with Gasteiger partial charge in [0.1, 0.15) is 6.04 Å². The highest BCUT2D eigenvalue weighted by molar-refractivity contribution is 7.99. The van der Waals surface area contributed by atoms with E-state index in [2.05, 4.69) is 10.1 Å². The van der Waals surface area contributed by atoms with Gasteiger partial charge in [0.15, 0.2) is 5.82 Å². The van der Waals surface area contributed by atoms with E-state index in [-0.39, 0.29) is 6.04 Å². The molecular weight excluding hydrogens is 290 g/mol. The predicted molar refractivity (Wildman–Crippen MR) is 82.8 cm³/mol. The van der Waals surface area contributed by atoms with E-state index in [0.29, 0.717) is 5.89 Å². The van der Waals surface area contributed by atoms with Gasteiger partial charge in [0, 0.05) is 10.1 Å². The molecule has 2 aromatic heterocycles. The Hall–Kier alpha value is -0.850. The van der Waals surface area contributed by atoms with Crippen molar-refractivity contribution in [1.82, 2.24) is 10.1 Å². The van der Waals surface area contributed by atoms with E-state index >= 15 is 0 Å². The molecule has 0 radical (unpaired) electrons. The standard InChI is InChI=1S/C14H19N3OS2/c15-13(11-7-4-8-19-11)14-16-12(17-18-14)9-20-10-5-2-1-3-6-10/h4,7-8,10,13H,1-3,5-6,9,15H2. The second-order valence-corrected chi connectivity index (χ2v) is 7.38. The van der Waals surface area contributed by atoms with Crippen LogP contribution in [-0.4, -0.2) is 15.4 Å². The van der Waals surface area contributed by atoms with Gasteiger partial charge in [-0.2, -0.15) is 16.7 Å². The Labute approximate surface area is 127 Å². The van der Waals surface area contributed by atoms with Gasteiger partial charge in [-0.3, -0.25) is 0 Å². The Kier molecular flexibility index (Phi) is 4.75. The van der Waals surface area contributed by atoms with Gasteiger partial charge in [-0.25, -0.2) is 0 Å². The van der Waals surface area contributed by atoms with Gasteiger partial charge >= 0.3 is 0 Å². The van der Waals surface area contributed by atoms with Gasteiger partial charge in [-0.05, 0) is 24.3 Å². The molecule has 2 heterocycles. The van der Waals surface area contributed by atoms with Crippen molar-refractivity contribution in [1.29, 1.82) is 0 Å². The summed E-state index contributed by atoms with van der Waals surface area (Å²) in [4.78, 5) is 5.49. The lowest BCUT2D eigenvalue weighted by atomic mass is 10.0. The lowest BCUT2D eigenvalue weighted by molar-refractivity contribution is 0.364. The van der Waals surface area contributed by atoms with Crippen molar-refractivity contribution in [3.05, 3.63) is 34.1 Å². The lowest BCUT2D eigenvalue weighted by Gasteiger charge is -2.19. The SMILES string of the molecule is NC(c1nc(CSC2CCCCC2)no1)c1cccs1. The van der Waals surface area contributed by atoms with Crippen LogP contribution in [0.15, 0.2) is 22.0 Å². The first-order chi connectivity index (χ1) is 9.83. The molecular formula is C14H19N3OS2. The molecule has 0 aliphatic heterocycles. The Morgan fingerprint density at radius 2 is 2.25 bits per heavy atom. The molecule has 1 unspecified atom stereocenters. The maximum Gasteiger partial charge on any atom is 0.249 e. The lowest BCUT2D eigenvalue weighted by Crippen LogP contribution is -2.11. The fourth-order valence-electron chi connectivity index (χ4n) is 2.47. The van der Waals surface area contributed by atoms with Crippen LogP contribution in [0, 0.1) is 0 Å². The Bertz CT molecular complexity index is 520. The number of thiophene rings is 1. The van der Waals surface area contributed by atoms with Gasteiger partial charge in [-0.1, -0.05) is 30.5 Å². The van der Waals surface area contributed by atoms with Crippen LogP contribution in [0.4, 0.5) is 0 Å². The second kappa shape index (κ2) is 6.74. The molecule has 1 aliphatic carbocycles. The summed E-state index contributed by atoms with van der Waals surface area (Å²) in [6, 6.07) is 3.68. The molecule has 108 valence electrons. The number of hydrogen-bond acceptors (Lipinski definition) is 6. The minimum absolute atomic E-state index is 0.295. The van der Waals surface area contributed by atoms with Crippen LogP contribution in [0.1, 0.15) is 54.7 Å². The van der Waals surface area contributed by atoms with Gasteiger partial charge in [-0.15, -0.1) is 11.3 Å². The zero-order valence-electron chi connectivity index (χ0n) is 11.3. The van der Waals surface area contributed by atoms with E-state index in [1.165, 1.54) is 32.1 Å². The van der Waals surface area contributed by atoms with E-state index in [4.69, 9.17) is 10.3 Å². The summed E-state index contributed by atoms with van der Waals surface area (Å²) in [5.74, 6) is 2.11. The highest BCUT2D eigenvalue weighted by Crippen LogP contribution is 2.30. The normalized spacial score (nSPS) is 18.2. The number of nitrogens with zero attached hydrogens (tertiary/aromatic N) is 2. The first kappa shape index (κ1) is 14.1.